The third-order valence-corrected chi connectivity index (χ3v) is 5.72. The summed E-state index contributed by atoms with van der Waals surface area (Å²) in [6.07, 6.45) is 4.52. The molecule has 1 saturated heterocycles. The molecule has 0 saturated carbocycles. The minimum atomic E-state index is 0.0121. The first kappa shape index (κ1) is 17.9. The predicted octanol–water partition coefficient (Wildman–Crippen LogP) is 2.48. The molecule has 2 aromatic heterocycles. The Kier molecular flexibility index (Phi) is 5.44. The van der Waals surface area contributed by atoms with Crippen molar-refractivity contribution in [2.45, 2.75) is 52.6 Å². The van der Waals surface area contributed by atoms with Gasteiger partial charge in [0.1, 0.15) is 5.82 Å². The highest BCUT2D eigenvalue weighted by atomic mass is 32.1. The van der Waals surface area contributed by atoms with Gasteiger partial charge in [-0.25, -0.2) is 15.0 Å². The highest BCUT2D eigenvalue weighted by Crippen LogP contribution is 2.31. The van der Waals surface area contributed by atoms with E-state index in [1.165, 1.54) is 6.42 Å². The maximum absolute atomic E-state index is 12.3. The van der Waals surface area contributed by atoms with Crippen LogP contribution in [0, 0.1) is 20.8 Å². The van der Waals surface area contributed by atoms with Gasteiger partial charge in [-0.2, -0.15) is 0 Å². The molecule has 6 nitrogen and oxygen atoms in total. The zero-order chi connectivity index (χ0) is 18.0. The molecule has 1 fully saturated rings. The monoisotopic (exact) mass is 359 g/mol. The molecular formula is C18H25N5OS. The lowest BCUT2D eigenvalue weighted by Crippen LogP contribution is -2.27. The van der Waals surface area contributed by atoms with Gasteiger partial charge in [0.2, 0.25) is 5.91 Å². The van der Waals surface area contributed by atoms with E-state index in [0.717, 1.165) is 45.6 Å². The van der Waals surface area contributed by atoms with Gasteiger partial charge in [-0.3, -0.25) is 9.69 Å². The Bertz CT molecular complexity index is 773. The van der Waals surface area contributed by atoms with Crippen molar-refractivity contribution in [1.82, 2.24) is 25.2 Å². The van der Waals surface area contributed by atoms with E-state index in [2.05, 4.69) is 32.2 Å². The van der Waals surface area contributed by atoms with E-state index in [1.54, 1.807) is 11.3 Å². The smallest absolute Gasteiger partial charge is 0.225 e. The summed E-state index contributed by atoms with van der Waals surface area (Å²) in [6.45, 7) is 7.38. The second-order valence-corrected chi connectivity index (χ2v) is 7.95. The largest absolute Gasteiger partial charge is 0.352 e. The molecule has 2 aromatic rings. The fraction of sp³-hybridized carbons (Fsp3) is 0.556. The van der Waals surface area contributed by atoms with Gasteiger partial charge >= 0.3 is 0 Å². The number of nitrogens with one attached hydrogen (secondary N) is 1. The normalized spacial score (nSPS) is 17.8. The fourth-order valence-corrected chi connectivity index (χ4v) is 4.27. The summed E-state index contributed by atoms with van der Waals surface area (Å²) < 4.78 is 0. The predicted molar refractivity (Wildman–Crippen MR) is 98.5 cm³/mol. The van der Waals surface area contributed by atoms with Gasteiger partial charge in [-0.1, -0.05) is 0 Å². The first-order valence-electron chi connectivity index (χ1n) is 8.66. The summed E-state index contributed by atoms with van der Waals surface area (Å²) in [4.78, 5) is 29.1. The molecule has 25 heavy (non-hydrogen) atoms. The van der Waals surface area contributed by atoms with Crippen LogP contribution in [0.15, 0.2) is 6.20 Å². The number of hydrogen-bond acceptors (Lipinski definition) is 6. The Morgan fingerprint density at radius 2 is 2.16 bits per heavy atom. The number of amides is 1. The molecule has 1 amide bonds. The average molecular weight is 359 g/mol. The third kappa shape index (κ3) is 4.22. The zero-order valence-electron chi connectivity index (χ0n) is 15.3. The Hall–Kier alpha value is -1.86. The Balaban J connectivity index is 1.68. The topological polar surface area (TPSA) is 71.0 Å². The highest BCUT2D eigenvalue weighted by Gasteiger charge is 2.26. The molecule has 0 aromatic carbocycles. The zero-order valence-corrected chi connectivity index (χ0v) is 16.1. The molecule has 0 aliphatic carbocycles. The van der Waals surface area contributed by atoms with Crippen LogP contribution in [0.5, 0.6) is 0 Å². The second kappa shape index (κ2) is 7.58. The molecule has 0 radical (unpaired) electrons. The average Bonchev–Trinajstić information content (AvgIpc) is 3.11. The molecule has 3 rings (SSSR count). The molecule has 0 bridgehead atoms. The van der Waals surface area contributed by atoms with Crippen LogP contribution in [-0.4, -0.2) is 39.4 Å². The summed E-state index contributed by atoms with van der Waals surface area (Å²) in [5, 5.41) is 4.02. The van der Waals surface area contributed by atoms with Crippen molar-refractivity contribution in [3.05, 3.63) is 38.9 Å². The summed E-state index contributed by atoms with van der Waals surface area (Å²) >= 11 is 1.59. The van der Waals surface area contributed by atoms with Crippen molar-refractivity contribution in [2.75, 3.05) is 13.6 Å². The van der Waals surface area contributed by atoms with E-state index >= 15 is 0 Å². The summed E-state index contributed by atoms with van der Waals surface area (Å²) in [5.41, 5.74) is 3.01. The molecule has 1 N–H and O–H groups in total. The van der Waals surface area contributed by atoms with Gasteiger partial charge in [-0.05, 0) is 47.2 Å². The molecule has 0 unspecified atom stereocenters. The van der Waals surface area contributed by atoms with Gasteiger partial charge in [0.15, 0.2) is 0 Å². The minimum absolute atomic E-state index is 0.0121. The number of nitrogens with zero attached hydrogens (tertiary/aromatic N) is 4. The lowest BCUT2D eigenvalue weighted by atomic mass is 10.1. The number of carbonyl (C=O) groups is 1. The molecule has 1 aliphatic rings. The van der Waals surface area contributed by atoms with E-state index in [4.69, 9.17) is 0 Å². The van der Waals surface area contributed by atoms with E-state index in [1.807, 2.05) is 27.0 Å². The van der Waals surface area contributed by atoms with Crippen LogP contribution in [0.4, 0.5) is 0 Å². The van der Waals surface area contributed by atoms with Crippen molar-refractivity contribution < 1.29 is 4.79 Å². The summed E-state index contributed by atoms with van der Waals surface area (Å²) in [5.74, 6) is 0.791. The number of likely N-dealkylation sites (tertiary alicyclic amines) is 1. The van der Waals surface area contributed by atoms with Crippen molar-refractivity contribution in [3.8, 4) is 0 Å². The quantitative estimate of drug-likeness (QED) is 0.888. The minimum Gasteiger partial charge on any atom is -0.352 e. The number of hydrogen-bond donors (Lipinski definition) is 1. The molecule has 3 heterocycles. The number of aromatic nitrogens is 3. The van der Waals surface area contributed by atoms with Gasteiger partial charge in [0.05, 0.1) is 28.9 Å². The molecule has 1 atom stereocenters. The number of rotatable bonds is 5. The lowest BCUT2D eigenvalue weighted by molar-refractivity contribution is -0.120. The molecular weight excluding hydrogens is 334 g/mol. The van der Waals surface area contributed by atoms with Crippen LogP contribution in [0.1, 0.15) is 51.5 Å². The van der Waals surface area contributed by atoms with Crippen molar-refractivity contribution in [1.29, 1.82) is 0 Å². The number of carbonyl (C=O) groups excluding carboxylic acids is 1. The maximum atomic E-state index is 12.3. The van der Waals surface area contributed by atoms with Crippen LogP contribution in [0.25, 0.3) is 0 Å². The van der Waals surface area contributed by atoms with Gasteiger partial charge in [0.25, 0.3) is 0 Å². The van der Waals surface area contributed by atoms with Gasteiger partial charge in [0, 0.05) is 23.2 Å². The van der Waals surface area contributed by atoms with E-state index in [9.17, 15) is 4.79 Å². The maximum Gasteiger partial charge on any atom is 0.225 e. The number of thiazole rings is 1. The fourth-order valence-electron chi connectivity index (χ4n) is 3.33. The molecule has 1 aliphatic heterocycles. The number of aryl methyl sites for hydroxylation is 3. The van der Waals surface area contributed by atoms with Gasteiger partial charge in [-0.15, -0.1) is 11.3 Å². The SMILES string of the molecule is Cc1ncc(CNC(=O)Cc2sc(C)nc2C)c([C@@H]2CCCN2C)n1. The first-order valence-corrected chi connectivity index (χ1v) is 9.48. The van der Waals surface area contributed by atoms with Crippen molar-refractivity contribution in [3.63, 3.8) is 0 Å². The van der Waals surface area contributed by atoms with Crippen LogP contribution in [0.2, 0.25) is 0 Å². The lowest BCUT2D eigenvalue weighted by Gasteiger charge is -2.21. The van der Waals surface area contributed by atoms with E-state index < -0.39 is 0 Å². The highest BCUT2D eigenvalue weighted by molar-refractivity contribution is 7.11. The summed E-state index contributed by atoms with van der Waals surface area (Å²) in [7, 11) is 2.13. The van der Waals surface area contributed by atoms with Crippen LogP contribution < -0.4 is 5.32 Å². The standard InChI is InChI=1S/C18H25N5OS/c1-11-16(25-13(3)21-11)8-17(24)20-10-14-9-19-12(2)22-18(14)15-6-5-7-23(15)4/h9,15H,5-8,10H2,1-4H3,(H,20,24)/t15-/m0/s1. The van der Waals surface area contributed by atoms with Crippen LogP contribution in [0.3, 0.4) is 0 Å². The third-order valence-electron chi connectivity index (χ3n) is 4.65. The van der Waals surface area contributed by atoms with Crippen molar-refractivity contribution in [2.24, 2.45) is 0 Å². The molecule has 0 spiro atoms. The second-order valence-electron chi connectivity index (χ2n) is 6.66. The molecule has 7 heteroatoms. The van der Waals surface area contributed by atoms with Crippen LogP contribution in [-0.2, 0) is 17.8 Å². The van der Waals surface area contributed by atoms with Crippen molar-refractivity contribution >= 4 is 17.2 Å². The van der Waals surface area contributed by atoms with Crippen LogP contribution >= 0.6 is 11.3 Å². The Labute approximate surface area is 152 Å². The molecule has 134 valence electrons. The Morgan fingerprint density at radius 3 is 2.80 bits per heavy atom. The first-order chi connectivity index (χ1) is 11.9. The van der Waals surface area contributed by atoms with Gasteiger partial charge < -0.3 is 5.32 Å². The van der Waals surface area contributed by atoms with E-state index in [0.29, 0.717) is 19.0 Å². The Morgan fingerprint density at radius 1 is 1.36 bits per heavy atom. The van der Waals surface area contributed by atoms with E-state index in [-0.39, 0.29) is 5.91 Å². The summed E-state index contributed by atoms with van der Waals surface area (Å²) in [6, 6.07) is 0.319.